The second-order valence-corrected chi connectivity index (χ2v) is 4.96. The van der Waals surface area contributed by atoms with Crippen molar-refractivity contribution in [1.82, 2.24) is 9.88 Å². The van der Waals surface area contributed by atoms with E-state index in [2.05, 4.69) is 4.98 Å². The van der Waals surface area contributed by atoms with Crippen molar-refractivity contribution in [2.75, 3.05) is 0 Å². The number of hydrogen-bond acceptors (Lipinski definition) is 4. The number of carbonyl (C=O) groups excluding carboxylic acids is 1. The van der Waals surface area contributed by atoms with Crippen LogP contribution in [0.4, 0.5) is 0 Å². The molecule has 104 valence electrons. The van der Waals surface area contributed by atoms with Crippen LogP contribution >= 0.6 is 0 Å². The first kappa shape index (κ1) is 12.9. The van der Waals surface area contributed by atoms with Crippen LogP contribution in [0.2, 0.25) is 0 Å². The van der Waals surface area contributed by atoms with Gasteiger partial charge in [0.2, 0.25) is 0 Å². The molecule has 5 nitrogen and oxygen atoms in total. The Morgan fingerprint density at radius 3 is 2.80 bits per heavy atom. The van der Waals surface area contributed by atoms with Crippen LogP contribution in [0.15, 0.2) is 40.9 Å². The molecule has 3 rings (SSSR count). The van der Waals surface area contributed by atoms with Crippen LogP contribution in [0.5, 0.6) is 0 Å². The summed E-state index contributed by atoms with van der Waals surface area (Å²) in [5, 5.41) is 0. The van der Waals surface area contributed by atoms with E-state index in [1.807, 2.05) is 23.1 Å². The number of amides is 1. The molecule has 1 amide bonds. The Morgan fingerprint density at radius 1 is 1.35 bits per heavy atom. The molecule has 0 atom stereocenters. The highest BCUT2D eigenvalue weighted by atomic mass is 16.4. The van der Waals surface area contributed by atoms with E-state index in [0.717, 1.165) is 18.5 Å². The van der Waals surface area contributed by atoms with Crippen molar-refractivity contribution >= 4 is 5.91 Å². The van der Waals surface area contributed by atoms with Crippen molar-refractivity contribution in [1.29, 1.82) is 0 Å². The van der Waals surface area contributed by atoms with Crippen LogP contribution in [-0.2, 0) is 13.1 Å². The number of pyridine rings is 1. The van der Waals surface area contributed by atoms with Crippen LogP contribution in [0, 0.1) is 0 Å². The summed E-state index contributed by atoms with van der Waals surface area (Å²) < 4.78 is 5.45. The molecule has 2 heterocycles. The molecule has 0 unspecified atom stereocenters. The van der Waals surface area contributed by atoms with E-state index in [-0.39, 0.29) is 5.91 Å². The van der Waals surface area contributed by atoms with E-state index in [0.29, 0.717) is 30.7 Å². The molecule has 0 bridgehead atoms. The highest BCUT2D eigenvalue weighted by Crippen LogP contribution is 2.29. The predicted octanol–water partition coefficient (Wildman–Crippen LogP) is 1.94. The highest BCUT2D eigenvalue weighted by Gasteiger charge is 2.34. The lowest BCUT2D eigenvalue weighted by atomic mass is 10.3. The monoisotopic (exact) mass is 271 g/mol. The van der Waals surface area contributed by atoms with E-state index in [9.17, 15) is 4.79 Å². The van der Waals surface area contributed by atoms with E-state index < -0.39 is 0 Å². The molecule has 1 aliphatic carbocycles. The number of carbonyl (C=O) groups is 1. The third kappa shape index (κ3) is 2.72. The number of nitrogens with two attached hydrogens (primary N) is 1. The average molecular weight is 271 g/mol. The Hall–Kier alpha value is -2.14. The Labute approximate surface area is 117 Å². The number of hydrogen-bond donors (Lipinski definition) is 1. The number of nitrogens with zero attached hydrogens (tertiary/aromatic N) is 2. The molecule has 5 heteroatoms. The predicted molar refractivity (Wildman–Crippen MR) is 73.7 cm³/mol. The van der Waals surface area contributed by atoms with Gasteiger partial charge in [0.1, 0.15) is 5.76 Å². The Bertz CT molecular complexity index is 590. The lowest BCUT2D eigenvalue weighted by Gasteiger charge is -2.20. The quantitative estimate of drug-likeness (QED) is 0.902. The first-order chi connectivity index (χ1) is 9.78. The number of furan rings is 1. The first-order valence-corrected chi connectivity index (χ1v) is 6.77. The summed E-state index contributed by atoms with van der Waals surface area (Å²) in [7, 11) is 0. The van der Waals surface area contributed by atoms with Crippen molar-refractivity contribution in [3.63, 3.8) is 0 Å². The molecular weight excluding hydrogens is 254 g/mol. The van der Waals surface area contributed by atoms with Crippen molar-refractivity contribution in [2.45, 2.75) is 32.0 Å². The summed E-state index contributed by atoms with van der Waals surface area (Å²) in [5.41, 5.74) is 6.39. The van der Waals surface area contributed by atoms with Crippen LogP contribution in [0.1, 0.15) is 34.9 Å². The molecular formula is C15H17N3O2. The zero-order chi connectivity index (χ0) is 13.9. The molecule has 2 N–H and O–H groups in total. The van der Waals surface area contributed by atoms with Gasteiger partial charge in [-0.15, -0.1) is 0 Å². The fraction of sp³-hybridized carbons (Fsp3) is 0.333. The number of rotatable bonds is 5. The number of aromatic nitrogens is 1. The maximum absolute atomic E-state index is 12.5. The lowest BCUT2D eigenvalue weighted by Crippen LogP contribution is -2.32. The normalized spacial score (nSPS) is 14.2. The third-order valence-electron chi connectivity index (χ3n) is 3.38. The molecule has 1 aliphatic rings. The minimum atomic E-state index is -0.0853. The largest absolute Gasteiger partial charge is 0.455 e. The van der Waals surface area contributed by atoms with Gasteiger partial charge < -0.3 is 15.1 Å². The van der Waals surface area contributed by atoms with Crippen LogP contribution < -0.4 is 5.73 Å². The molecule has 0 saturated heterocycles. The van der Waals surface area contributed by atoms with Gasteiger partial charge >= 0.3 is 0 Å². The van der Waals surface area contributed by atoms with Gasteiger partial charge in [0, 0.05) is 12.2 Å². The fourth-order valence-corrected chi connectivity index (χ4v) is 2.16. The average Bonchev–Trinajstić information content (AvgIpc) is 3.21. The second-order valence-electron chi connectivity index (χ2n) is 4.96. The molecule has 0 spiro atoms. The molecule has 2 aromatic rings. The molecule has 0 aromatic carbocycles. The summed E-state index contributed by atoms with van der Waals surface area (Å²) in [5.74, 6) is 0.896. The van der Waals surface area contributed by atoms with Gasteiger partial charge in [-0.2, -0.15) is 0 Å². The van der Waals surface area contributed by atoms with Crippen LogP contribution in [-0.4, -0.2) is 21.8 Å². The topological polar surface area (TPSA) is 72.4 Å². The van der Waals surface area contributed by atoms with E-state index >= 15 is 0 Å². The minimum Gasteiger partial charge on any atom is -0.455 e. The SMILES string of the molecule is NCc1ccc(C(=O)N(Cc2ccccn2)C2CC2)o1. The maximum Gasteiger partial charge on any atom is 0.290 e. The van der Waals surface area contributed by atoms with Crippen LogP contribution in [0.3, 0.4) is 0 Å². The van der Waals surface area contributed by atoms with E-state index in [4.69, 9.17) is 10.2 Å². The van der Waals surface area contributed by atoms with E-state index in [1.165, 1.54) is 0 Å². The summed E-state index contributed by atoms with van der Waals surface area (Å²) in [4.78, 5) is 18.6. The van der Waals surface area contributed by atoms with Gasteiger partial charge in [-0.3, -0.25) is 9.78 Å². The van der Waals surface area contributed by atoms with Gasteiger partial charge in [0.15, 0.2) is 5.76 Å². The molecule has 0 radical (unpaired) electrons. The van der Waals surface area contributed by atoms with Gasteiger partial charge in [-0.25, -0.2) is 0 Å². The molecule has 1 saturated carbocycles. The zero-order valence-corrected chi connectivity index (χ0v) is 11.2. The Kier molecular flexibility index (Phi) is 3.52. The van der Waals surface area contributed by atoms with Crippen molar-refractivity contribution in [2.24, 2.45) is 5.73 Å². The van der Waals surface area contributed by atoms with Crippen molar-refractivity contribution < 1.29 is 9.21 Å². The maximum atomic E-state index is 12.5. The van der Waals surface area contributed by atoms with Gasteiger partial charge in [-0.1, -0.05) is 6.07 Å². The standard InChI is InChI=1S/C15H17N3O2/c16-9-13-6-7-14(20-13)15(19)18(12-4-5-12)10-11-3-1-2-8-17-11/h1-3,6-8,12H,4-5,9-10,16H2. The van der Waals surface area contributed by atoms with E-state index in [1.54, 1.807) is 18.3 Å². The zero-order valence-electron chi connectivity index (χ0n) is 11.2. The molecule has 1 fully saturated rings. The summed E-state index contributed by atoms with van der Waals surface area (Å²) in [6.45, 7) is 0.819. The highest BCUT2D eigenvalue weighted by molar-refractivity contribution is 5.92. The lowest BCUT2D eigenvalue weighted by molar-refractivity contribution is 0.0693. The van der Waals surface area contributed by atoms with Crippen LogP contribution in [0.25, 0.3) is 0 Å². The fourth-order valence-electron chi connectivity index (χ4n) is 2.16. The summed E-state index contributed by atoms with van der Waals surface area (Å²) >= 11 is 0. The van der Waals surface area contributed by atoms with Gasteiger partial charge in [-0.05, 0) is 37.1 Å². The Balaban J connectivity index is 1.78. The third-order valence-corrected chi connectivity index (χ3v) is 3.38. The molecule has 0 aliphatic heterocycles. The van der Waals surface area contributed by atoms with Crippen molar-refractivity contribution in [3.8, 4) is 0 Å². The first-order valence-electron chi connectivity index (χ1n) is 6.77. The summed E-state index contributed by atoms with van der Waals surface area (Å²) in [6, 6.07) is 9.47. The molecule has 2 aromatic heterocycles. The van der Waals surface area contributed by atoms with Crippen molar-refractivity contribution in [3.05, 3.63) is 53.7 Å². The summed E-state index contributed by atoms with van der Waals surface area (Å²) in [6.07, 6.45) is 3.83. The second kappa shape index (κ2) is 5.46. The van der Waals surface area contributed by atoms with Gasteiger partial charge in [0.05, 0.1) is 18.8 Å². The van der Waals surface area contributed by atoms with Gasteiger partial charge in [0.25, 0.3) is 5.91 Å². The minimum absolute atomic E-state index is 0.0853. The molecule has 20 heavy (non-hydrogen) atoms. The smallest absolute Gasteiger partial charge is 0.290 e. The Morgan fingerprint density at radius 2 is 2.20 bits per heavy atom.